The standard InChI is InChI=1S/C21H22ClN3O5S/c1-13-20(26)24-18-12-17(5-6-19(18)30-13)31(28,29)25-9-7-14(8-10-25)21(27)23-16-4-2-3-15(22)11-16/h2-6,11-14H,7-10H2,1H3,(H,23,27)(H,24,26). The minimum absolute atomic E-state index is 0.0755. The Hall–Kier alpha value is -2.62. The lowest BCUT2D eigenvalue weighted by Crippen LogP contribution is -2.41. The fourth-order valence-electron chi connectivity index (χ4n) is 3.67. The van der Waals surface area contributed by atoms with E-state index in [0.717, 1.165) is 0 Å². The van der Waals surface area contributed by atoms with E-state index in [9.17, 15) is 18.0 Å². The molecule has 0 spiro atoms. The number of benzene rings is 2. The van der Waals surface area contributed by atoms with Crippen LogP contribution in [0.2, 0.25) is 5.02 Å². The number of nitrogens with one attached hydrogen (secondary N) is 2. The Morgan fingerprint density at radius 1 is 1.19 bits per heavy atom. The molecule has 10 heteroatoms. The Bertz CT molecular complexity index is 1130. The molecule has 2 heterocycles. The SMILES string of the molecule is CC1Oc2ccc(S(=O)(=O)N3CCC(C(=O)Nc4cccc(Cl)c4)CC3)cc2NC1=O. The molecule has 2 amide bonds. The summed E-state index contributed by atoms with van der Waals surface area (Å²) >= 11 is 5.95. The van der Waals surface area contributed by atoms with Crippen LogP contribution in [-0.2, 0) is 19.6 Å². The minimum atomic E-state index is -3.76. The van der Waals surface area contributed by atoms with Gasteiger partial charge in [-0.2, -0.15) is 4.31 Å². The van der Waals surface area contributed by atoms with Crippen LogP contribution in [-0.4, -0.2) is 43.7 Å². The van der Waals surface area contributed by atoms with Crippen LogP contribution in [0.15, 0.2) is 47.4 Å². The summed E-state index contributed by atoms with van der Waals surface area (Å²) in [5.74, 6) is -0.332. The molecule has 8 nitrogen and oxygen atoms in total. The largest absolute Gasteiger partial charge is 0.479 e. The van der Waals surface area contributed by atoms with Gasteiger partial charge in [0, 0.05) is 29.7 Å². The first-order valence-corrected chi connectivity index (χ1v) is 11.7. The molecule has 0 aliphatic carbocycles. The van der Waals surface area contributed by atoms with Gasteiger partial charge >= 0.3 is 0 Å². The fraction of sp³-hybridized carbons (Fsp3) is 0.333. The van der Waals surface area contributed by atoms with Crippen LogP contribution in [0.5, 0.6) is 5.75 Å². The molecule has 31 heavy (non-hydrogen) atoms. The van der Waals surface area contributed by atoms with E-state index in [-0.39, 0.29) is 35.7 Å². The van der Waals surface area contributed by atoms with Crippen LogP contribution in [0.3, 0.4) is 0 Å². The third-order valence-electron chi connectivity index (χ3n) is 5.44. The molecule has 1 fully saturated rings. The van der Waals surface area contributed by atoms with Crippen molar-refractivity contribution in [1.29, 1.82) is 0 Å². The van der Waals surface area contributed by atoms with Crippen LogP contribution in [0.25, 0.3) is 0 Å². The molecule has 0 aromatic heterocycles. The van der Waals surface area contributed by atoms with Gasteiger partial charge in [0.2, 0.25) is 15.9 Å². The fourth-order valence-corrected chi connectivity index (χ4v) is 5.35. The smallest absolute Gasteiger partial charge is 0.265 e. The Balaban J connectivity index is 1.42. The third-order valence-corrected chi connectivity index (χ3v) is 7.57. The predicted molar refractivity (Wildman–Crippen MR) is 117 cm³/mol. The second-order valence-corrected chi connectivity index (χ2v) is 9.96. The maximum atomic E-state index is 13.1. The molecule has 2 aromatic rings. The number of halogens is 1. The van der Waals surface area contributed by atoms with Crippen molar-refractivity contribution in [3.05, 3.63) is 47.5 Å². The molecule has 2 N–H and O–H groups in total. The quantitative estimate of drug-likeness (QED) is 0.724. The highest BCUT2D eigenvalue weighted by molar-refractivity contribution is 7.89. The van der Waals surface area contributed by atoms with Gasteiger partial charge in [0.25, 0.3) is 5.91 Å². The van der Waals surface area contributed by atoms with Crippen molar-refractivity contribution in [2.24, 2.45) is 5.92 Å². The highest BCUT2D eigenvalue weighted by atomic mass is 35.5. The molecular weight excluding hydrogens is 442 g/mol. The van der Waals surface area contributed by atoms with Crippen LogP contribution < -0.4 is 15.4 Å². The predicted octanol–water partition coefficient (Wildman–Crippen LogP) is 3.10. The van der Waals surface area contributed by atoms with Gasteiger partial charge in [-0.3, -0.25) is 9.59 Å². The Morgan fingerprint density at radius 2 is 1.94 bits per heavy atom. The van der Waals surface area contributed by atoms with Gasteiger partial charge in [-0.25, -0.2) is 8.42 Å². The summed E-state index contributed by atoms with van der Waals surface area (Å²) < 4.78 is 33.0. The molecule has 0 radical (unpaired) electrons. The zero-order chi connectivity index (χ0) is 22.2. The van der Waals surface area contributed by atoms with E-state index in [4.69, 9.17) is 16.3 Å². The molecular formula is C21H22ClN3O5S. The monoisotopic (exact) mass is 463 g/mol. The number of nitrogens with zero attached hydrogens (tertiary/aromatic N) is 1. The first-order chi connectivity index (χ1) is 14.7. The molecule has 0 saturated carbocycles. The zero-order valence-corrected chi connectivity index (χ0v) is 18.4. The summed E-state index contributed by atoms with van der Waals surface area (Å²) in [7, 11) is -3.76. The summed E-state index contributed by atoms with van der Waals surface area (Å²) in [4.78, 5) is 24.4. The Labute approximate surface area is 185 Å². The molecule has 164 valence electrons. The lowest BCUT2D eigenvalue weighted by atomic mass is 9.97. The van der Waals surface area contributed by atoms with Crippen molar-refractivity contribution in [3.63, 3.8) is 0 Å². The highest BCUT2D eigenvalue weighted by Gasteiger charge is 2.33. The maximum Gasteiger partial charge on any atom is 0.265 e. The summed E-state index contributed by atoms with van der Waals surface area (Å²) in [6, 6.07) is 11.3. The summed E-state index contributed by atoms with van der Waals surface area (Å²) in [5, 5.41) is 6.03. The third kappa shape index (κ3) is 4.53. The number of anilines is 2. The molecule has 4 rings (SSSR count). The van der Waals surface area contributed by atoms with Gasteiger partial charge in [0.05, 0.1) is 10.6 Å². The van der Waals surface area contributed by atoms with E-state index in [0.29, 0.717) is 35.0 Å². The number of rotatable bonds is 4. The number of hydrogen-bond acceptors (Lipinski definition) is 5. The number of carbonyl (C=O) groups excluding carboxylic acids is 2. The van der Waals surface area contributed by atoms with Gasteiger partial charge in [-0.05, 0) is 56.2 Å². The van der Waals surface area contributed by atoms with Crippen LogP contribution in [0.1, 0.15) is 19.8 Å². The minimum Gasteiger partial charge on any atom is -0.479 e. The van der Waals surface area contributed by atoms with Gasteiger partial charge in [-0.1, -0.05) is 17.7 Å². The second kappa shape index (κ2) is 8.49. The number of carbonyl (C=O) groups is 2. The van der Waals surface area contributed by atoms with Crippen LogP contribution >= 0.6 is 11.6 Å². The molecule has 0 bridgehead atoms. The number of fused-ring (bicyclic) bond motifs is 1. The van der Waals surface area contributed by atoms with E-state index >= 15 is 0 Å². The number of piperidine rings is 1. The van der Waals surface area contributed by atoms with E-state index in [1.807, 2.05) is 0 Å². The topological polar surface area (TPSA) is 105 Å². The van der Waals surface area contributed by atoms with Crippen molar-refractivity contribution in [1.82, 2.24) is 4.31 Å². The maximum absolute atomic E-state index is 13.1. The molecule has 2 aliphatic rings. The normalized spacial score (nSPS) is 19.8. The van der Waals surface area contributed by atoms with Crippen LogP contribution in [0, 0.1) is 5.92 Å². The van der Waals surface area contributed by atoms with E-state index < -0.39 is 16.1 Å². The van der Waals surface area contributed by atoms with Gasteiger partial charge in [0.1, 0.15) is 5.75 Å². The number of hydrogen-bond donors (Lipinski definition) is 2. The number of ether oxygens (including phenoxy) is 1. The highest BCUT2D eigenvalue weighted by Crippen LogP contribution is 2.33. The second-order valence-electron chi connectivity index (χ2n) is 7.59. The summed E-state index contributed by atoms with van der Waals surface area (Å²) in [6.45, 7) is 2.08. The lowest BCUT2D eigenvalue weighted by molar-refractivity contribution is -0.123. The van der Waals surface area contributed by atoms with Crippen molar-refractivity contribution in [3.8, 4) is 5.75 Å². The first kappa shape index (κ1) is 21.6. The average Bonchev–Trinajstić information content (AvgIpc) is 2.74. The lowest BCUT2D eigenvalue weighted by Gasteiger charge is -2.31. The number of amides is 2. The van der Waals surface area contributed by atoms with E-state index in [1.165, 1.54) is 16.4 Å². The molecule has 1 atom stereocenters. The Kier molecular flexibility index (Phi) is 5.92. The van der Waals surface area contributed by atoms with Crippen LogP contribution in [0.4, 0.5) is 11.4 Å². The van der Waals surface area contributed by atoms with Crippen molar-refractivity contribution >= 4 is 44.8 Å². The number of sulfonamides is 1. The van der Waals surface area contributed by atoms with Gasteiger partial charge in [0.15, 0.2) is 6.10 Å². The average molecular weight is 464 g/mol. The summed E-state index contributed by atoms with van der Waals surface area (Å²) in [5.41, 5.74) is 0.945. The van der Waals surface area contributed by atoms with Gasteiger partial charge in [-0.15, -0.1) is 0 Å². The van der Waals surface area contributed by atoms with E-state index in [2.05, 4.69) is 10.6 Å². The molecule has 2 aliphatic heterocycles. The zero-order valence-electron chi connectivity index (χ0n) is 16.8. The van der Waals surface area contributed by atoms with Crippen molar-refractivity contribution < 1.29 is 22.7 Å². The first-order valence-electron chi connectivity index (χ1n) is 9.92. The van der Waals surface area contributed by atoms with Crippen molar-refractivity contribution in [2.45, 2.75) is 30.8 Å². The summed E-state index contributed by atoms with van der Waals surface area (Å²) in [6.07, 6.45) is 0.189. The molecule has 1 saturated heterocycles. The van der Waals surface area contributed by atoms with E-state index in [1.54, 1.807) is 37.3 Å². The van der Waals surface area contributed by atoms with Crippen molar-refractivity contribution in [2.75, 3.05) is 23.7 Å². The molecule has 2 aromatic carbocycles. The Morgan fingerprint density at radius 3 is 2.65 bits per heavy atom. The van der Waals surface area contributed by atoms with Gasteiger partial charge < -0.3 is 15.4 Å². The molecule has 1 unspecified atom stereocenters.